The predicted octanol–water partition coefficient (Wildman–Crippen LogP) is 7.77. The van der Waals surface area contributed by atoms with E-state index in [0.29, 0.717) is 5.92 Å². The third kappa shape index (κ3) is 2.58. The summed E-state index contributed by atoms with van der Waals surface area (Å²) in [7, 11) is 4.34. The van der Waals surface area contributed by atoms with Gasteiger partial charge in [-0.15, -0.1) is 0 Å². The second-order valence-corrected chi connectivity index (χ2v) is 9.03. The Hall–Kier alpha value is -3.52. The van der Waals surface area contributed by atoms with Gasteiger partial charge in [0.2, 0.25) is 0 Å². The van der Waals surface area contributed by atoms with Crippen LogP contribution in [-0.2, 0) is 14.1 Å². The number of hydrogen-bond acceptors (Lipinski definition) is 0. The first-order valence-electron chi connectivity index (χ1n) is 11.0. The highest BCUT2D eigenvalue weighted by Gasteiger charge is 2.13. The Kier molecular flexibility index (Phi) is 3.82. The first-order valence-corrected chi connectivity index (χ1v) is 11.0. The summed E-state index contributed by atoms with van der Waals surface area (Å²) in [5.74, 6) is 0.534. The van der Waals surface area contributed by atoms with Crippen molar-refractivity contribution in [2.24, 2.45) is 14.1 Å². The molecule has 0 unspecified atom stereocenters. The fraction of sp³-hybridized carbons (Fsp3) is 0.172. The van der Waals surface area contributed by atoms with Crippen LogP contribution in [0.1, 0.15) is 25.3 Å². The van der Waals surface area contributed by atoms with Gasteiger partial charge in [0, 0.05) is 57.7 Å². The molecule has 0 aliphatic heterocycles. The average Bonchev–Trinajstić information content (AvgIpc) is 3.25. The first kappa shape index (κ1) is 18.3. The molecule has 0 saturated carbocycles. The summed E-state index contributed by atoms with van der Waals surface area (Å²) in [5.41, 5.74) is 9.04. The lowest BCUT2D eigenvalue weighted by molar-refractivity contribution is 0.868. The van der Waals surface area contributed by atoms with E-state index in [4.69, 9.17) is 0 Å². The Morgan fingerprint density at radius 1 is 0.516 bits per heavy atom. The molecule has 0 spiro atoms. The van der Waals surface area contributed by atoms with Crippen molar-refractivity contribution < 1.29 is 0 Å². The smallest absolute Gasteiger partial charge is 0.0494 e. The van der Waals surface area contributed by atoms with Crippen molar-refractivity contribution in [2.45, 2.75) is 19.8 Å². The zero-order valence-corrected chi connectivity index (χ0v) is 18.5. The zero-order chi connectivity index (χ0) is 21.3. The topological polar surface area (TPSA) is 9.86 Å². The molecule has 0 fully saturated rings. The van der Waals surface area contributed by atoms with E-state index in [1.165, 1.54) is 60.3 Å². The summed E-state index contributed by atoms with van der Waals surface area (Å²) in [5, 5.41) is 5.30. The standard InChI is InChI=1S/C29H26N2/c1-18(2)19-11-14-27-25(15-19)24-13-10-21(17-29(24)31(27)4)20-9-12-23-22-7-5-6-8-26(22)30(3)28(23)16-20/h5-18H,1-4H3. The minimum Gasteiger partial charge on any atom is -0.344 e. The Balaban J connectivity index is 1.56. The minimum absolute atomic E-state index is 0.534. The van der Waals surface area contributed by atoms with E-state index in [-0.39, 0.29) is 0 Å². The minimum atomic E-state index is 0.534. The van der Waals surface area contributed by atoms with Crippen LogP contribution in [-0.4, -0.2) is 9.13 Å². The molecule has 6 aromatic rings. The van der Waals surface area contributed by atoms with Crippen molar-refractivity contribution in [1.82, 2.24) is 9.13 Å². The van der Waals surface area contributed by atoms with E-state index in [2.05, 4.69) is 116 Å². The van der Waals surface area contributed by atoms with Gasteiger partial charge in [0.1, 0.15) is 0 Å². The predicted molar refractivity (Wildman–Crippen MR) is 134 cm³/mol. The maximum atomic E-state index is 2.36. The largest absolute Gasteiger partial charge is 0.344 e. The highest BCUT2D eigenvalue weighted by atomic mass is 14.9. The summed E-state index contributed by atoms with van der Waals surface area (Å²) in [6.45, 7) is 4.51. The third-order valence-electron chi connectivity index (χ3n) is 6.95. The van der Waals surface area contributed by atoms with Crippen molar-refractivity contribution >= 4 is 43.6 Å². The Morgan fingerprint density at radius 2 is 1.06 bits per heavy atom. The van der Waals surface area contributed by atoms with Crippen LogP contribution in [0.3, 0.4) is 0 Å². The lowest BCUT2D eigenvalue weighted by Crippen LogP contribution is -1.89. The molecule has 0 aliphatic carbocycles. The number of fused-ring (bicyclic) bond motifs is 6. The Morgan fingerprint density at radius 3 is 1.71 bits per heavy atom. The Bertz CT molecular complexity index is 1630. The molecule has 0 radical (unpaired) electrons. The highest BCUT2D eigenvalue weighted by Crippen LogP contribution is 2.35. The average molecular weight is 403 g/mol. The molecule has 0 aliphatic rings. The van der Waals surface area contributed by atoms with E-state index >= 15 is 0 Å². The molecule has 6 rings (SSSR count). The fourth-order valence-electron chi connectivity index (χ4n) is 5.11. The van der Waals surface area contributed by atoms with Crippen LogP contribution in [0.2, 0.25) is 0 Å². The number of nitrogens with zero attached hydrogens (tertiary/aromatic N) is 2. The second kappa shape index (κ2) is 6.49. The van der Waals surface area contributed by atoms with Crippen LogP contribution in [0.15, 0.2) is 78.9 Å². The summed E-state index contributed by atoms with van der Waals surface area (Å²) < 4.78 is 4.63. The van der Waals surface area contributed by atoms with Gasteiger partial charge in [-0.1, -0.05) is 62.4 Å². The quantitative estimate of drug-likeness (QED) is 0.280. The molecule has 2 nitrogen and oxygen atoms in total. The molecule has 4 aromatic carbocycles. The molecule has 0 bridgehead atoms. The van der Waals surface area contributed by atoms with E-state index in [0.717, 1.165) is 0 Å². The summed E-state index contributed by atoms with van der Waals surface area (Å²) in [6.07, 6.45) is 0. The van der Waals surface area contributed by atoms with Crippen molar-refractivity contribution in [3.05, 3.63) is 84.4 Å². The molecule has 0 atom stereocenters. The van der Waals surface area contributed by atoms with Crippen LogP contribution in [0, 0.1) is 0 Å². The van der Waals surface area contributed by atoms with E-state index in [1.807, 2.05) is 0 Å². The Labute approximate surface area is 182 Å². The van der Waals surface area contributed by atoms with Crippen LogP contribution in [0.5, 0.6) is 0 Å². The molecule has 31 heavy (non-hydrogen) atoms. The number of benzene rings is 4. The van der Waals surface area contributed by atoms with E-state index in [9.17, 15) is 0 Å². The molecule has 152 valence electrons. The van der Waals surface area contributed by atoms with Crippen molar-refractivity contribution in [3.63, 3.8) is 0 Å². The first-order chi connectivity index (χ1) is 15.0. The van der Waals surface area contributed by atoms with Crippen LogP contribution < -0.4 is 0 Å². The second-order valence-electron chi connectivity index (χ2n) is 9.03. The van der Waals surface area contributed by atoms with Gasteiger partial charge in [0.25, 0.3) is 0 Å². The van der Waals surface area contributed by atoms with Crippen LogP contribution in [0.25, 0.3) is 54.7 Å². The number of para-hydroxylation sites is 1. The van der Waals surface area contributed by atoms with Gasteiger partial charge in [-0.05, 0) is 52.9 Å². The van der Waals surface area contributed by atoms with E-state index in [1.54, 1.807) is 0 Å². The van der Waals surface area contributed by atoms with Crippen molar-refractivity contribution in [1.29, 1.82) is 0 Å². The number of rotatable bonds is 2. The van der Waals surface area contributed by atoms with Crippen molar-refractivity contribution in [3.8, 4) is 11.1 Å². The maximum absolute atomic E-state index is 2.36. The maximum Gasteiger partial charge on any atom is 0.0494 e. The molecular weight excluding hydrogens is 376 g/mol. The lowest BCUT2D eigenvalue weighted by atomic mass is 9.99. The summed E-state index contributed by atoms with van der Waals surface area (Å²) in [4.78, 5) is 0. The van der Waals surface area contributed by atoms with Gasteiger partial charge in [-0.25, -0.2) is 0 Å². The normalized spacial score (nSPS) is 12.2. The monoisotopic (exact) mass is 402 g/mol. The molecule has 2 heteroatoms. The summed E-state index contributed by atoms with van der Waals surface area (Å²) >= 11 is 0. The number of aromatic nitrogens is 2. The van der Waals surface area contributed by atoms with Gasteiger partial charge in [0.05, 0.1) is 0 Å². The van der Waals surface area contributed by atoms with E-state index < -0.39 is 0 Å². The van der Waals surface area contributed by atoms with Crippen molar-refractivity contribution in [2.75, 3.05) is 0 Å². The molecule has 0 N–H and O–H groups in total. The summed E-state index contributed by atoms with van der Waals surface area (Å²) in [6, 6.07) is 29.3. The zero-order valence-electron chi connectivity index (χ0n) is 18.5. The molecule has 2 aromatic heterocycles. The van der Waals surface area contributed by atoms with Crippen LogP contribution >= 0.6 is 0 Å². The van der Waals surface area contributed by atoms with Gasteiger partial charge >= 0.3 is 0 Å². The van der Waals surface area contributed by atoms with Gasteiger partial charge in [0.15, 0.2) is 0 Å². The molecular formula is C29H26N2. The van der Waals surface area contributed by atoms with Gasteiger partial charge < -0.3 is 9.13 Å². The molecule has 0 saturated heterocycles. The highest BCUT2D eigenvalue weighted by molar-refractivity contribution is 6.11. The molecule has 0 amide bonds. The number of aryl methyl sites for hydroxylation is 2. The third-order valence-corrected chi connectivity index (χ3v) is 6.95. The lowest BCUT2D eigenvalue weighted by Gasteiger charge is -2.06. The van der Waals surface area contributed by atoms with Crippen LogP contribution in [0.4, 0.5) is 0 Å². The fourth-order valence-corrected chi connectivity index (χ4v) is 5.11. The van der Waals surface area contributed by atoms with Gasteiger partial charge in [-0.3, -0.25) is 0 Å². The number of hydrogen-bond donors (Lipinski definition) is 0. The van der Waals surface area contributed by atoms with Gasteiger partial charge in [-0.2, -0.15) is 0 Å². The molecule has 2 heterocycles. The SMILES string of the molecule is CC(C)c1ccc2c(c1)c1ccc(-c3ccc4c5ccccc5n(C)c4c3)cc1n2C.